The van der Waals surface area contributed by atoms with Crippen molar-refractivity contribution in [3.8, 4) is 5.69 Å². The molecule has 0 saturated carbocycles. The summed E-state index contributed by atoms with van der Waals surface area (Å²) in [4.78, 5) is 12.4. The Kier molecular flexibility index (Phi) is 4.37. The van der Waals surface area contributed by atoms with Gasteiger partial charge in [0.2, 0.25) is 0 Å². The predicted molar refractivity (Wildman–Crippen MR) is 89.8 cm³/mol. The summed E-state index contributed by atoms with van der Waals surface area (Å²) < 4.78 is 14.5. The molecule has 3 aromatic rings. The van der Waals surface area contributed by atoms with E-state index in [1.54, 1.807) is 19.1 Å². The zero-order valence-electron chi connectivity index (χ0n) is 13.5. The number of amides is 1. The van der Waals surface area contributed by atoms with Gasteiger partial charge in [-0.05, 0) is 55.3 Å². The van der Waals surface area contributed by atoms with Crippen molar-refractivity contribution in [1.29, 1.82) is 0 Å². The smallest absolute Gasteiger partial charge is 0.278 e. The van der Waals surface area contributed by atoms with Crippen molar-refractivity contribution in [3.05, 3.63) is 71.3 Å². The Morgan fingerprint density at radius 3 is 2.42 bits per heavy atom. The number of nitrogens with zero attached hydrogens (tertiary/aromatic N) is 3. The van der Waals surface area contributed by atoms with Gasteiger partial charge in [-0.1, -0.05) is 24.3 Å². The lowest BCUT2D eigenvalue weighted by molar-refractivity contribution is 0.102. The van der Waals surface area contributed by atoms with Crippen molar-refractivity contribution in [3.63, 3.8) is 0 Å². The molecule has 6 heteroatoms. The summed E-state index contributed by atoms with van der Waals surface area (Å²) in [6.07, 6.45) is 0.944. The molecule has 0 fully saturated rings. The van der Waals surface area contributed by atoms with Crippen LogP contribution < -0.4 is 5.32 Å². The molecule has 1 heterocycles. The minimum Gasteiger partial charge on any atom is -0.321 e. The van der Waals surface area contributed by atoms with E-state index in [9.17, 15) is 9.18 Å². The molecule has 3 rings (SSSR count). The van der Waals surface area contributed by atoms with E-state index in [2.05, 4.69) is 22.6 Å². The first kappa shape index (κ1) is 15.9. The summed E-state index contributed by atoms with van der Waals surface area (Å²) in [5.74, 6) is -0.657. The molecule has 0 aliphatic carbocycles. The minimum absolute atomic E-state index is 0.235. The van der Waals surface area contributed by atoms with E-state index in [1.807, 2.05) is 24.3 Å². The van der Waals surface area contributed by atoms with Crippen molar-refractivity contribution < 1.29 is 9.18 Å². The van der Waals surface area contributed by atoms with Gasteiger partial charge >= 0.3 is 0 Å². The van der Waals surface area contributed by atoms with Crippen LogP contribution >= 0.6 is 0 Å². The minimum atomic E-state index is -0.329. The molecule has 0 bridgehead atoms. The fourth-order valence-electron chi connectivity index (χ4n) is 2.38. The summed E-state index contributed by atoms with van der Waals surface area (Å²) >= 11 is 0. The van der Waals surface area contributed by atoms with Gasteiger partial charge in [-0.15, -0.1) is 5.10 Å². The third-order valence-corrected chi connectivity index (χ3v) is 3.80. The SMILES string of the molecule is CCc1ccc(NC(=O)c2nnn(-c3ccc(F)cc3)c2C)cc1. The highest BCUT2D eigenvalue weighted by Crippen LogP contribution is 2.15. The maximum atomic E-state index is 13.0. The van der Waals surface area contributed by atoms with Crippen LogP contribution in [0, 0.1) is 12.7 Å². The quantitative estimate of drug-likeness (QED) is 0.798. The van der Waals surface area contributed by atoms with Crippen LogP contribution in [0.15, 0.2) is 48.5 Å². The average molecular weight is 324 g/mol. The lowest BCUT2D eigenvalue weighted by atomic mass is 10.1. The van der Waals surface area contributed by atoms with E-state index in [-0.39, 0.29) is 17.4 Å². The number of hydrogen-bond acceptors (Lipinski definition) is 3. The maximum Gasteiger partial charge on any atom is 0.278 e. The molecule has 122 valence electrons. The monoisotopic (exact) mass is 324 g/mol. The number of anilines is 1. The van der Waals surface area contributed by atoms with Gasteiger partial charge in [0.25, 0.3) is 5.91 Å². The Morgan fingerprint density at radius 2 is 1.79 bits per heavy atom. The average Bonchev–Trinajstić information content (AvgIpc) is 2.98. The van der Waals surface area contributed by atoms with E-state index in [4.69, 9.17) is 0 Å². The van der Waals surface area contributed by atoms with Gasteiger partial charge < -0.3 is 5.32 Å². The van der Waals surface area contributed by atoms with Crippen LogP contribution in [0.2, 0.25) is 0 Å². The van der Waals surface area contributed by atoms with Crippen molar-refractivity contribution in [2.45, 2.75) is 20.3 Å². The molecule has 24 heavy (non-hydrogen) atoms. The van der Waals surface area contributed by atoms with Gasteiger partial charge in [-0.3, -0.25) is 4.79 Å². The number of benzene rings is 2. The number of rotatable bonds is 4. The first-order valence-electron chi connectivity index (χ1n) is 7.67. The third-order valence-electron chi connectivity index (χ3n) is 3.80. The molecule has 0 unspecified atom stereocenters. The highest BCUT2D eigenvalue weighted by Gasteiger charge is 2.17. The molecule has 0 aliphatic rings. The normalized spacial score (nSPS) is 10.6. The van der Waals surface area contributed by atoms with Crippen LogP contribution in [0.4, 0.5) is 10.1 Å². The Bertz CT molecular complexity index is 854. The van der Waals surface area contributed by atoms with Crippen LogP contribution in [0.1, 0.15) is 28.7 Å². The molecule has 0 saturated heterocycles. The fraction of sp³-hybridized carbons (Fsp3) is 0.167. The number of carbonyl (C=O) groups is 1. The molecular weight excluding hydrogens is 307 g/mol. The zero-order valence-corrected chi connectivity index (χ0v) is 13.5. The number of hydrogen-bond donors (Lipinski definition) is 1. The number of aryl methyl sites for hydroxylation is 1. The van der Waals surface area contributed by atoms with Gasteiger partial charge in [0.05, 0.1) is 11.4 Å². The second-order valence-electron chi connectivity index (χ2n) is 5.42. The first-order valence-corrected chi connectivity index (χ1v) is 7.67. The summed E-state index contributed by atoms with van der Waals surface area (Å²) in [5, 5.41) is 10.8. The third kappa shape index (κ3) is 3.17. The molecule has 0 spiro atoms. The highest BCUT2D eigenvalue weighted by atomic mass is 19.1. The van der Waals surface area contributed by atoms with Gasteiger partial charge in [0, 0.05) is 5.69 Å². The maximum absolute atomic E-state index is 13.0. The van der Waals surface area contributed by atoms with Crippen LogP contribution in [0.25, 0.3) is 5.69 Å². The van der Waals surface area contributed by atoms with Crippen molar-refractivity contribution in [2.75, 3.05) is 5.32 Å². The van der Waals surface area contributed by atoms with E-state index in [0.29, 0.717) is 17.1 Å². The van der Waals surface area contributed by atoms with E-state index in [1.165, 1.54) is 22.4 Å². The molecule has 2 aromatic carbocycles. The summed E-state index contributed by atoms with van der Waals surface area (Å²) in [6, 6.07) is 13.5. The van der Waals surface area contributed by atoms with Gasteiger partial charge in [0.1, 0.15) is 5.82 Å². The topological polar surface area (TPSA) is 59.8 Å². The molecule has 0 atom stereocenters. The van der Waals surface area contributed by atoms with Gasteiger partial charge in [-0.25, -0.2) is 9.07 Å². The molecule has 1 N–H and O–H groups in total. The number of nitrogens with one attached hydrogen (secondary N) is 1. The summed E-state index contributed by atoms with van der Waals surface area (Å²) in [7, 11) is 0. The second kappa shape index (κ2) is 6.62. The lowest BCUT2D eigenvalue weighted by Gasteiger charge is -2.06. The Labute approximate surface area is 139 Å². The number of carbonyl (C=O) groups excluding carboxylic acids is 1. The largest absolute Gasteiger partial charge is 0.321 e. The Hall–Kier alpha value is -3.02. The van der Waals surface area contributed by atoms with E-state index in [0.717, 1.165) is 6.42 Å². The van der Waals surface area contributed by atoms with Crippen molar-refractivity contribution >= 4 is 11.6 Å². The highest BCUT2D eigenvalue weighted by molar-refractivity contribution is 6.03. The van der Waals surface area contributed by atoms with Crippen molar-refractivity contribution in [2.24, 2.45) is 0 Å². The van der Waals surface area contributed by atoms with Crippen LogP contribution in [0.3, 0.4) is 0 Å². The number of halogens is 1. The standard InChI is InChI=1S/C18H17FN4O/c1-3-13-4-8-15(9-5-13)20-18(24)17-12(2)23(22-21-17)16-10-6-14(19)7-11-16/h4-11H,3H2,1-2H3,(H,20,24). The Balaban J connectivity index is 1.81. The van der Waals surface area contributed by atoms with Gasteiger partial charge in [0.15, 0.2) is 5.69 Å². The first-order chi connectivity index (χ1) is 11.6. The van der Waals surface area contributed by atoms with Crippen LogP contribution in [0.5, 0.6) is 0 Å². The predicted octanol–water partition coefficient (Wildman–Crippen LogP) is 3.53. The second-order valence-corrected chi connectivity index (χ2v) is 5.42. The fourth-order valence-corrected chi connectivity index (χ4v) is 2.38. The molecular formula is C18H17FN4O. The molecule has 5 nitrogen and oxygen atoms in total. The Morgan fingerprint density at radius 1 is 1.12 bits per heavy atom. The molecule has 1 aromatic heterocycles. The molecule has 1 amide bonds. The van der Waals surface area contributed by atoms with Crippen LogP contribution in [-0.4, -0.2) is 20.9 Å². The number of aromatic nitrogens is 3. The lowest BCUT2D eigenvalue weighted by Crippen LogP contribution is -2.14. The summed E-state index contributed by atoms with van der Waals surface area (Å²) in [6.45, 7) is 3.82. The molecule has 0 aliphatic heterocycles. The van der Waals surface area contributed by atoms with Crippen LogP contribution in [-0.2, 0) is 6.42 Å². The molecule has 0 radical (unpaired) electrons. The zero-order chi connectivity index (χ0) is 17.1. The van der Waals surface area contributed by atoms with Gasteiger partial charge in [-0.2, -0.15) is 0 Å². The van der Waals surface area contributed by atoms with Crippen molar-refractivity contribution in [1.82, 2.24) is 15.0 Å². The van der Waals surface area contributed by atoms with E-state index >= 15 is 0 Å². The van der Waals surface area contributed by atoms with E-state index < -0.39 is 0 Å². The summed E-state index contributed by atoms with van der Waals surface area (Å²) in [5.41, 5.74) is 3.37.